The molecule has 0 radical (unpaired) electrons. The summed E-state index contributed by atoms with van der Waals surface area (Å²) in [5, 5.41) is 11.7. The quantitative estimate of drug-likeness (QED) is 0.367. The number of carbonyl (C=O) groups excluding carboxylic acids is 2. The molecular weight excluding hydrogens is 436 g/mol. The second-order valence-electron chi connectivity index (χ2n) is 14.5. The van der Waals surface area contributed by atoms with Gasteiger partial charge in [0.2, 0.25) is 0 Å². The number of ketones is 1. The summed E-state index contributed by atoms with van der Waals surface area (Å²) in [6.45, 7) is 15.7. The molecule has 4 saturated carbocycles. The van der Waals surface area contributed by atoms with Gasteiger partial charge in [-0.2, -0.15) is 0 Å². The van der Waals surface area contributed by atoms with Crippen LogP contribution in [0.25, 0.3) is 0 Å². The van der Waals surface area contributed by atoms with Gasteiger partial charge in [0, 0.05) is 18.3 Å². The maximum absolute atomic E-state index is 13.0. The third-order valence-corrected chi connectivity index (χ3v) is 12.3. The molecule has 5 aliphatic rings. The van der Waals surface area contributed by atoms with E-state index >= 15 is 0 Å². The van der Waals surface area contributed by atoms with Crippen molar-refractivity contribution in [3.8, 4) is 0 Å². The van der Waals surface area contributed by atoms with Crippen LogP contribution in [-0.2, 0) is 14.3 Å². The number of carbonyl (C=O) groups is 2. The smallest absolute Gasteiger partial charge is 0.339 e. The van der Waals surface area contributed by atoms with Crippen molar-refractivity contribution in [3.05, 3.63) is 11.6 Å². The number of aliphatic hydroxyl groups is 1. The van der Waals surface area contributed by atoms with Crippen molar-refractivity contribution in [2.45, 2.75) is 118 Å². The fourth-order valence-corrected chi connectivity index (χ4v) is 11.1. The number of fused-ring (bicyclic) bond motifs is 5. The number of hydrogen-bond donors (Lipinski definition) is 1. The van der Waals surface area contributed by atoms with Gasteiger partial charge in [-0.25, -0.2) is 4.79 Å². The summed E-state index contributed by atoms with van der Waals surface area (Å²) in [4.78, 5) is 25.5. The Morgan fingerprint density at radius 1 is 0.886 bits per heavy atom. The van der Waals surface area contributed by atoms with E-state index in [0.717, 1.165) is 37.7 Å². The molecule has 0 aromatic rings. The van der Waals surface area contributed by atoms with Crippen LogP contribution in [0.5, 0.6) is 0 Å². The van der Waals surface area contributed by atoms with Crippen LogP contribution in [0.4, 0.5) is 0 Å². The molecule has 0 spiro atoms. The van der Waals surface area contributed by atoms with Crippen molar-refractivity contribution < 1.29 is 19.4 Å². The molecular formula is C31H48O4. The van der Waals surface area contributed by atoms with Gasteiger partial charge < -0.3 is 9.84 Å². The van der Waals surface area contributed by atoms with E-state index < -0.39 is 11.6 Å². The summed E-state index contributed by atoms with van der Waals surface area (Å²) in [6, 6.07) is 0. The highest BCUT2D eigenvalue weighted by Crippen LogP contribution is 2.72. The third kappa shape index (κ3) is 3.55. The summed E-state index contributed by atoms with van der Waals surface area (Å²) in [7, 11) is 0. The first-order valence-corrected chi connectivity index (χ1v) is 14.3. The van der Waals surface area contributed by atoms with Crippen LogP contribution in [0.3, 0.4) is 0 Å². The molecule has 35 heavy (non-hydrogen) atoms. The third-order valence-electron chi connectivity index (χ3n) is 12.3. The Hall–Kier alpha value is -1.16. The molecule has 1 saturated heterocycles. The summed E-state index contributed by atoms with van der Waals surface area (Å²) in [5.74, 6) is 2.40. The molecule has 0 bridgehead atoms. The number of ether oxygens (including phenoxy) is 1. The summed E-state index contributed by atoms with van der Waals surface area (Å²) < 4.78 is 5.66. The van der Waals surface area contributed by atoms with E-state index in [4.69, 9.17) is 4.74 Å². The normalized spacial score (nSPS) is 50.5. The van der Waals surface area contributed by atoms with E-state index in [0.29, 0.717) is 35.9 Å². The van der Waals surface area contributed by atoms with Gasteiger partial charge in [0.15, 0.2) is 5.60 Å². The van der Waals surface area contributed by atoms with Gasteiger partial charge >= 0.3 is 5.97 Å². The Labute approximate surface area is 212 Å². The van der Waals surface area contributed by atoms with Gasteiger partial charge in [-0.05, 0) is 118 Å². The lowest BCUT2D eigenvalue weighted by Crippen LogP contribution is -2.61. The molecule has 1 aliphatic heterocycles. The SMILES string of the molecule is CC(=O)[C@H]1CC[C@]2(C)[C@H]3CC[C@H]4[C@@H](CC[C@@H]4[C@@]4(O)C[C@@H](C=C(C)C)OC4=O)[C@]3(C)CC[C@H]2C1(C)C. The molecule has 0 aromatic carbocycles. The second kappa shape index (κ2) is 8.17. The topological polar surface area (TPSA) is 63.6 Å². The minimum Gasteiger partial charge on any atom is -0.456 e. The number of Topliss-reactive ketones (excluding diaryl/α,β-unsaturated/α-hetero) is 1. The van der Waals surface area contributed by atoms with Gasteiger partial charge in [-0.15, -0.1) is 0 Å². The first-order chi connectivity index (χ1) is 16.2. The molecule has 10 atom stereocenters. The molecule has 196 valence electrons. The van der Waals surface area contributed by atoms with E-state index in [9.17, 15) is 14.7 Å². The van der Waals surface area contributed by atoms with E-state index in [1.807, 2.05) is 19.9 Å². The Balaban J connectivity index is 1.41. The molecule has 1 heterocycles. The number of hydrogen-bond acceptors (Lipinski definition) is 4. The molecule has 4 nitrogen and oxygen atoms in total. The van der Waals surface area contributed by atoms with Crippen molar-refractivity contribution in [2.75, 3.05) is 0 Å². The van der Waals surface area contributed by atoms with Gasteiger partial charge in [-0.3, -0.25) is 4.79 Å². The van der Waals surface area contributed by atoms with Crippen LogP contribution in [0.1, 0.15) is 106 Å². The fourth-order valence-electron chi connectivity index (χ4n) is 11.1. The first kappa shape index (κ1) is 25.5. The van der Waals surface area contributed by atoms with Crippen molar-refractivity contribution in [1.82, 2.24) is 0 Å². The van der Waals surface area contributed by atoms with E-state index in [2.05, 4.69) is 27.7 Å². The van der Waals surface area contributed by atoms with Crippen molar-refractivity contribution in [2.24, 2.45) is 51.8 Å². The summed E-state index contributed by atoms with van der Waals surface area (Å²) >= 11 is 0. The van der Waals surface area contributed by atoms with Crippen LogP contribution in [0.2, 0.25) is 0 Å². The molecule has 4 heteroatoms. The monoisotopic (exact) mass is 484 g/mol. The molecule has 5 fully saturated rings. The lowest BCUT2D eigenvalue weighted by atomic mass is 9.37. The number of allylic oxidation sites excluding steroid dienone is 1. The standard InChI is InChI=1S/C31H48O4/c1-18(2)16-20-17-31(34,27(33)35-20)24-10-9-23-21(24)8-11-26-29(23,6)15-13-25-28(4,5)22(19(3)32)12-14-30(25,26)7/h16,20-26,34H,8-15,17H2,1-7H3/t20-,21+,22-,23-,24+,25+,26+,29+,30+,31+/m1/s1. The van der Waals surface area contributed by atoms with Crippen molar-refractivity contribution in [3.63, 3.8) is 0 Å². The molecule has 0 aromatic heterocycles. The summed E-state index contributed by atoms with van der Waals surface area (Å²) in [5.41, 5.74) is 0.361. The zero-order valence-electron chi connectivity index (χ0n) is 23.2. The molecule has 4 aliphatic carbocycles. The van der Waals surface area contributed by atoms with Crippen molar-refractivity contribution >= 4 is 11.8 Å². The van der Waals surface area contributed by atoms with Gasteiger partial charge in [0.25, 0.3) is 0 Å². The first-order valence-electron chi connectivity index (χ1n) is 14.3. The maximum atomic E-state index is 13.0. The molecule has 5 rings (SSSR count). The van der Waals surface area contributed by atoms with E-state index in [1.165, 1.54) is 19.3 Å². The molecule has 1 N–H and O–H groups in total. The van der Waals surface area contributed by atoms with E-state index in [1.54, 1.807) is 6.92 Å². The minimum absolute atomic E-state index is 0.0174. The number of rotatable bonds is 3. The van der Waals surface area contributed by atoms with Crippen molar-refractivity contribution in [1.29, 1.82) is 0 Å². The van der Waals surface area contributed by atoms with Crippen LogP contribution in [-0.4, -0.2) is 28.6 Å². The van der Waals surface area contributed by atoms with Gasteiger partial charge in [-0.1, -0.05) is 33.3 Å². The molecule has 0 unspecified atom stereocenters. The fraction of sp³-hybridized carbons (Fsp3) is 0.871. The average molecular weight is 485 g/mol. The zero-order valence-corrected chi connectivity index (χ0v) is 23.2. The Morgan fingerprint density at radius 2 is 1.54 bits per heavy atom. The highest BCUT2D eigenvalue weighted by Gasteiger charge is 2.67. The Bertz CT molecular complexity index is 930. The number of cyclic esters (lactones) is 1. The predicted octanol–water partition coefficient (Wildman–Crippen LogP) is 6.50. The minimum atomic E-state index is -1.33. The van der Waals surface area contributed by atoms with Crippen LogP contribution in [0.15, 0.2) is 11.6 Å². The number of esters is 1. The lowest BCUT2D eigenvalue weighted by Gasteiger charge is -2.67. The van der Waals surface area contributed by atoms with Crippen LogP contribution in [0, 0.1) is 51.8 Å². The second-order valence-corrected chi connectivity index (χ2v) is 14.5. The van der Waals surface area contributed by atoms with Gasteiger partial charge in [0.1, 0.15) is 11.9 Å². The largest absolute Gasteiger partial charge is 0.456 e. The van der Waals surface area contributed by atoms with Crippen LogP contribution < -0.4 is 0 Å². The Kier molecular flexibility index (Phi) is 5.95. The average Bonchev–Trinajstić information content (AvgIpc) is 3.29. The highest BCUT2D eigenvalue weighted by molar-refractivity contribution is 5.82. The van der Waals surface area contributed by atoms with Gasteiger partial charge in [0.05, 0.1) is 0 Å². The molecule has 0 amide bonds. The zero-order chi connectivity index (χ0) is 25.6. The predicted molar refractivity (Wildman–Crippen MR) is 137 cm³/mol. The lowest BCUT2D eigenvalue weighted by molar-refractivity contribution is -0.192. The van der Waals surface area contributed by atoms with Crippen LogP contribution >= 0.6 is 0 Å². The Morgan fingerprint density at radius 3 is 2.20 bits per heavy atom. The highest BCUT2D eigenvalue weighted by atomic mass is 16.6. The summed E-state index contributed by atoms with van der Waals surface area (Å²) in [6.07, 6.45) is 11.0. The maximum Gasteiger partial charge on any atom is 0.339 e. The van der Waals surface area contributed by atoms with E-state index in [-0.39, 0.29) is 34.2 Å².